The van der Waals surface area contributed by atoms with Gasteiger partial charge >= 0.3 is 0 Å². The third kappa shape index (κ3) is 3.78. The van der Waals surface area contributed by atoms with Gasteiger partial charge in [0.25, 0.3) is 5.91 Å². The molecule has 2 unspecified atom stereocenters. The zero-order valence-electron chi connectivity index (χ0n) is 22.5. The van der Waals surface area contributed by atoms with Gasteiger partial charge in [-0.1, -0.05) is 24.3 Å². The molecule has 0 heterocycles. The number of aliphatic hydroxyl groups excluding tert-OH is 2. The highest BCUT2D eigenvalue weighted by Gasteiger charge is 2.63. The van der Waals surface area contributed by atoms with Crippen LogP contribution in [0.1, 0.15) is 29.3 Å². The van der Waals surface area contributed by atoms with Crippen LogP contribution in [0.4, 0.5) is 0 Å². The third-order valence-electron chi connectivity index (χ3n) is 8.11. The Bertz CT molecular complexity index is 1510. The zero-order chi connectivity index (χ0) is 29.1. The molecule has 0 aromatic heterocycles. The van der Waals surface area contributed by atoms with Crippen molar-refractivity contribution in [3.8, 4) is 16.9 Å². The fourth-order valence-electron chi connectivity index (χ4n) is 6.47. The first-order valence-electron chi connectivity index (χ1n) is 13.1. The van der Waals surface area contributed by atoms with Crippen molar-refractivity contribution in [1.82, 2.24) is 4.90 Å². The van der Waals surface area contributed by atoms with Gasteiger partial charge in [0.1, 0.15) is 22.8 Å². The van der Waals surface area contributed by atoms with Gasteiger partial charge in [0.2, 0.25) is 5.78 Å². The summed E-state index contributed by atoms with van der Waals surface area (Å²) in [5.74, 6) is -6.86. The lowest BCUT2D eigenvalue weighted by Crippen LogP contribution is -2.63. The van der Waals surface area contributed by atoms with Crippen molar-refractivity contribution in [3.05, 3.63) is 75.8 Å². The smallest absolute Gasteiger partial charge is 0.255 e. The predicted molar refractivity (Wildman–Crippen MR) is 140 cm³/mol. The van der Waals surface area contributed by atoms with Gasteiger partial charge in [-0.3, -0.25) is 19.3 Å². The van der Waals surface area contributed by atoms with Crippen LogP contribution in [0.2, 0.25) is 0 Å². The van der Waals surface area contributed by atoms with E-state index >= 15 is 0 Å². The molecular weight excluding hydrogens is 504 g/mol. The number of hydrogen-bond acceptors (Lipinski definition) is 9. The Labute approximate surface area is 226 Å². The minimum atomic E-state index is -2.68. The minimum Gasteiger partial charge on any atom is -0.510 e. The molecule has 0 aliphatic heterocycles. The number of ketones is 2. The lowest BCUT2D eigenvalue weighted by atomic mass is 9.58. The molecule has 0 saturated carbocycles. The van der Waals surface area contributed by atoms with Gasteiger partial charge in [0, 0.05) is 18.6 Å². The number of hydrogen-bond donors (Lipinski definition) is 5. The number of nitrogens with two attached hydrogens (primary N) is 1. The normalized spacial score (nSPS) is 26.8. The van der Waals surface area contributed by atoms with Crippen molar-refractivity contribution in [2.45, 2.75) is 31.1 Å². The summed E-state index contributed by atoms with van der Waals surface area (Å²) in [6.45, 7) is 0.227. The first-order valence-corrected chi connectivity index (χ1v) is 12.4. The number of benzene rings is 2. The highest BCUT2D eigenvalue weighted by Crippen LogP contribution is 2.53. The van der Waals surface area contributed by atoms with Crippen LogP contribution in [0.15, 0.2) is 59.1 Å². The second-order valence-corrected chi connectivity index (χ2v) is 10.5. The van der Waals surface area contributed by atoms with E-state index in [0.717, 1.165) is 11.1 Å². The number of amides is 1. The second-order valence-electron chi connectivity index (χ2n) is 10.5. The molecule has 0 bridgehead atoms. The molecule has 3 aliphatic carbocycles. The number of aliphatic hydroxyl groups is 3. The number of carbonyl (C=O) groups is 3. The van der Waals surface area contributed by atoms with Crippen LogP contribution >= 0.6 is 0 Å². The Morgan fingerprint density at radius 3 is 2.62 bits per heavy atom. The molecule has 5 rings (SSSR count). The van der Waals surface area contributed by atoms with E-state index in [2.05, 4.69) is 0 Å². The molecule has 3 aliphatic rings. The number of nitrogens with zero attached hydrogens (tertiary/aromatic N) is 1. The summed E-state index contributed by atoms with van der Waals surface area (Å²) < 4.78 is 12.4. The number of phenolic OH excluding ortho intramolecular Hbond substituents is 1. The van der Waals surface area contributed by atoms with Gasteiger partial charge in [-0.25, -0.2) is 0 Å². The average Bonchev–Trinajstić information content (AvgIpc) is 2.89. The molecule has 0 radical (unpaired) electrons. The van der Waals surface area contributed by atoms with Crippen molar-refractivity contribution in [3.63, 3.8) is 0 Å². The SMILES string of the molecule is [3H]COCc1cccc(-c2ccc(O)c3c2CC2CC4[C@H](N(C)C)C(O)=C(C(N)=O)C(=O)[C@@]4(O)C(O)=C2C3=O)c1. The number of methoxy groups -OCH3 is 1. The van der Waals surface area contributed by atoms with Crippen molar-refractivity contribution >= 4 is 17.5 Å². The van der Waals surface area contributed by atoms with Crippen molar-refractivity contribution in [2.24, 2.45) is 17.6 Å². The summed E-state index contributed by atoms with van der Waals surface area (Å²) in [6.07, 6.45) is 0.198. The summed E-state index contributed by atoms with van der Waals surface area (Å²) in [4.78, 5) is 40.9. The number of fused-ring (bicyclic) bond motifs is 3. The molecule has 0 saturated heterocycles. The topological polar surface area (TPSA) is 171 Å². The average molecular weight is 537 g/mol. The standard InChI is InChI=1S/C29H30N2O8/c1-31(2)23-18-11-15-10-17-16(14-6-4-5-13(9-14)12-39-3)7-8-19(32)21(17)24(33)20(15)26(35)29(18,38)27(36)22(25(23)34)28(30)37/h4-9,15,18,23,32,34-35,38H,10-12H2,1-3H3,(H2,30,37)/t15?,18?,23-,29-/m0/s1/i3T. The Morgan fingerprint density at radius 2 is 1.95 bits per heavy atom. The quantitative estimate of drug-likeness (QED) is 0.358. The zero-order valence-corrected chi connectivity index (χ0v) is 21.5. The van der Waals surface area contributed by atoms with Gasteiger partial charge in [-0.2, -0.15) is 0 Å². The number of allylic oxidation sites excluding steroid dienone is 1. The van der Waals surface area contributed by atoms with Crippen LogP contribution < -0.4 is 5.73 Å². The Morgan fingerprint density at radius 1 is 1.21 bits per heavy atom. The van der Waals surface area contributed by atoms with E-state index < -0.39 is 58.0 Å². The summed E-state index contributed by atoms with van der Waals surface area (Å²) >= 11 is 0. The Hall–Kier alpha value is -3.99. The van der Waals surface area contributed by atoms with Gasteiger partial charge in [0.15, 0.2) is 11.4 Å². The number of primary amides is 1. The van der Waals surface area contributed by atoms with E-state index in [9.17, 15) is 34.8 Å². The lowest BCUT2D eigenvalue weighted by molar-refractivity contribution is -0.148. The number of phenols is 1. The number of ether oxygens (including phenoxy) is 1. The molecule has 0 spiro atoms. The summed E-state index contributed by atoms with van der Waals surface area (Å²) in [5.41, 5.74) is 4.38. The fourth-order valence-corrected chi connectivity index (χ4v) is 6.47. The number of carbonyl (C=O) groups excluding carboxylic acids is 3. The lowest BCUT2D eigenvalue weighted by Gasteiger charge is -2.50. The molecule has 6 N–H and O–H groups in total. The molecule has 1 amide bonds. The first kappa shape index (κ1) is 25.3. The van der Waals surface area contributed by atoms with Gasteiger partial charge in [0.05, 0.1) is 19.6 Å². The third-order valence-corrected chi connectivity index (χ3v) is 8.11. The predicted octanol–water partition coefficient (Wildman–Crippen LogP) is 1.93. The number of Topliss-reactive ketones (excluding diaryl/α,β-unsaturated/α-hetero) is 2. The van der Waals surface area contributed by atoms with Gasteiger partial charge in [-0.05, 0) is 67.2 Å². The fraction of sp³-hybridized carbons (Fsp3) is 0.345. The summed E-state index contributed by atoms with van der Waals surface area (Å²) in [6, 6.07) is 9.39. The van der Waals surface area contributed by atoms with E-state index in [1.165, 1.54) is 11.0 Å². The minimum absolute atomic E-state index is 0.0121. The summed E-state index contributed by atoms with van der Waals surface area (Å²) in [5, 5.41) is 44.8. The van der Waals surface area contributed by atoms with Crippen LogP contribution in [0, 0.1) is 11.8 Å². The molecule has 0 fully saturated rings. The van der Waals surface area contributed by atoms with Crippen LogP contribution in [0.3, 0.4) is 0 Å². The highest BCUT2D eigenvalue weighted by molar-refractivity contribution is 6.24. The number of aromatic hydroxyl groups is 1. The van der Waals surface area contributed by atoms with Gasteiger partial charge in [-0.15, -0.1) is 0 Å². The van der Waals surface area contributed by atoms with Crippen LogP contribution in [-0.2, 0) is 27.4 Å². The highest BCUT2D eigenvalue weighted by atomic mass is 16.5. The maximum Gasteiger partial charge on any atom is 0.255 e. The Kier molecular flexibility index (Phi) is 6.05. The largest absolute Gasteiger partial charge is 0.510 e. The van der Waals surface area contributed by atoms with Crippen molar-refractivity contribution in [2.75, 3.05) is 21.2 Å². The van der Waals surface area contributed by atoms with Crippen LogP contribution in [-0.4, -0.2) is 75.6 Å². The molecule has 2 aromatic carbocycles. The molecule has 39 heavy (non-hydrogen) atoms. The maximum absolute atomic E-state index is 13.9. The Balaban J connectivity index is 1.68. The van der Waals surface area contributed by atoms with E-state index in [4.69, 9.17) is 11.8 Å². The molecule has 10 heteroatoms. The van der Waals surface area contributed by atoms with E-state index in [0.29, 0.717) is 11.1 Å². The van der Waals surface area contributed by atoms with Gasteiger partial charge < -0.3 is 30.9 Å². The molecule has 2 aromatic rings. The van der Waals surface area contributed by atoms with E-state index in [-0.39, 0.29) is 43.4 Å². The first-order chi connectivity index (χ1) is 18.9. The van der Waals surface area contributed by atoms with E-state index in [1.54, 1.807) is 20.2 Å². The monoisotopic (exact) mass is 536 g/mol. The van der Waals surface area contributed by atoms with Crippen molar-refractivity contribution in [1.29, 1.82) is 0 Å². The molecule has 10 nitrogen and oxygen atoms in total. The molecule has 204 valence electrons. The van der Waals surface area contributed by atoms with E-state index in [1.807, 2.05) is 24.3 Å². The van der Waals surface area contributed by atoms with Crippen LogP contribution in [0.5, 0.6) is 5.75 Å². The number of likely N-dealkylation sites (N-methyl/N-ethyl adjacent to an activating group) is 1. The maximum atomic E-state index is 13.9. The molecular formula is C29H30N2O8. The van der Waals surface area contributed by atoms with Crippen LogP contribution in [0.25, 0.3) is 11.1 Å². The van der Waals surface area contributed by atoms with Crippen molar-refractivity contribution < 1.29 is 40.9 Å². The summed E-state index contributed by atoms with van der Waals surface area (Å²) in [7, 11) is 2.98. The molecule has 4 atom stereocenters. The number of rotatable bonds is 5. The second kappa shape index (κ2) is 9.33.